The zero-order chi connectivity index (χ0) is 30.9. The van der Waals surface area contributed by atoms with Gasteiger partial charge in [0.2, 0.25) is 0 Å². The van der Waals surface area contributed by atoms with Gasteiger partial charge in [-0.25, -0.2) is 19.3 Å². The second-order valence-electron chi connectivity index (χ2n) is 11.0. The van der Waals surface area contributed by atoms with Crippen molar-refractivity contribution in [3.8, 4) is 34.1 Å². The third kappa shape index (κ3) is 5.47. The van der Waals surface area contributed by atoms with Crippen LogP contribution in [0.25, 0.3) is 39.5 Å². The lowest BCUT2D eigenvalue weighted by molar-refractivity contribution is 0.111. The number of nitrogens with zero attached hydrogens (tertiary/aromatic N) is 6. The Morgan fingerprint density at radius 2 is 1.64 bits per heavy atom. The predicted octanol–water partition coefficient (Wildman–Crippen LogP) is 5.71. The summed E-state index contributed by atoms with van der Waals surface area (Å²) in [5.74, 6) is 0.00895. The van der Waals surface area contributed by atoms with Gasteiger partial charge in [0, 0.05) is 61.9 Å². The number of benzene rings is 3. The van der Waals surface area contributed by atoms with E-state index in [0.717, 1.165) is 58.9 Å². The number of phenolic OH excluding ortho intramolecular Hbond substituents is 1. The number of imidazole rings is 1. The van der Waals surface area contributed by atoms with Gasteiger partial charge >= 0.3 is 0 Å². The molecule has 3 aromatic carbocycles. The van der Waals surface area contributed by atoms with Gasteiger partial charge in [0.15, 0.2) is 17.8 Å². The normalized spacial score (nSPS) is 13.8. The summed E-state index contributed by atoms with van der Waals surface area (Å²) in [6, 6.07) is 28.9. The fraction of sp³-hybridized carbons (Fsp3) is 0.143. The molecule has 1 aliphatic heterocycles. The Kier molecular flexibility index (Phi) is 7.40. The smallest absolute Gasteiger partial charge is 0.165 e. The fourth-order valence-electron chi connectivity index (χ4n) is 5.82. The first-order valence-electron chi connectivity index (χ1n) is 14.7. The number of anilines is 2. The van der Waals surface area contributed by atoms with Gasteiger partial charge < -0.3 is 15.7 Å². The van der Waals surface area contributed by atoms with E-state index in [1.165, 1.54) is 12.1 Å². The van der Waals surface area contributed by atoms with E-state index in [1.807, 2.05) is 64.1 Å². The van der Waals surface area contributed by atoms with Crippen molar-refractivity contribution in [1.82, 2.24) is 24.4 Å². The summed E-state index contributed by atoms with van der Waals surface area (Å²) in [5.41, 5.74) is 12.7. The van der Waals surface area contributed by atoms with Crippen molar-refractivity contribution >= 4 is 29.0 Å². The number of fused-ring (bicyclic) bond motifs is 1. The lowest BCUT2D eigenvalue weighted by atomic mass is 10.1. The second kappa shape index (κ2) is 11.8. The van der Waals surface area contributed by atoms with Crippen molar-refractivity contribution in [1.29, 1.82) is 0 Å². The van der Waals surface area contributed by atoms with Gasteiger partial charge in [0.25, 0.3) is 0 Å². The van der Waals surface area contributed by atoms with E-state index in [0.29, 0.717) is 36.7 Å². The third-order valence-corrected chi connectivity index (χ3v) is 8.20. The van der Waals surface area contributed by atoms with Crippen LogP contribution in [0.15, 0.2) is 97.2 Å². The van der Waals surface area contributed by atoms with Gasteiger partial charge in [0.05, 0.1) is 16.8 Å². The van der Waals surface area contributed by atoms with E-state index < -0.39 is 5.82 Å². The van der Waals surface area contributed by atoms with Crippen molar-refractivity contribution in [2.75, 3.05) is 36.8 Å². The molecule has 0 saturated carbocycles. The molecule has 10 heteroatoms. The quantitative estimate of drug-likeness (QED) is 0.224. The number of nitrogen functional groups attached to an aromatic ring is 1. The van der Waals surface area contributed by atoms with Crippen molar-refractivity contribution in [2.45, 2.75) is 6.54 Å². The van der Waals surface area contributed by atoms with Crippen LogP contribution < -0.4 is 10.6 Å². The van der Waals surface area contributed by atoms with Crippen molar-refractivity contribution in [3.05, 3.63) is 114 Å². The van der Waals surface area contributed by atoms with Crippen LogP contribution in [0, 0.1) is 5.82 Å². The molecule has 4 heterocycles. The largest absolute Gasteiger partial charge is 0.507 e. The van der Waals surface area contributed by atoms with Gasteiger partial charge in [-0.15, -0.1) is 0 Å². The van der Waals surface area contributed by atoms with Crippen molar-refractivity contribution < 1.29 is 14.3 Å². The number of aromatic hydroxyl groups is 1. The average molecular weight is 600 g/mol. The van der Waals surface area contributed by atoms with Gasteiger partial charge in [-0.3, -0.25) is 14.3 Å². The number of carbonyl (C=O) groups excluding carboxylic acids is 1. The number of pyridine rings is 2. The van der Waals surface area contributed by atoms with Crippen LogP contribution >= 0.6 is 0 Å². The minimum absolute atomic E-state index is 0.312. The molecular weight excluding hydrogens is 569 g/mol. The summed E-state index contributed by atoms with van der Waals surface area (Å²) >= 11 is 0. The number of hydrogen-bond donors (Lipinski definition) is 2. The molecule has 9 nitrogen and oxygen atoms in total. The lowest BCUT2D eigenvalue weighted by Crippen LogP contribution is -2.46. The SMILES string of the molecule is Nc1ncccc1-c1nc2ccc(-c3ccccc3)nc2n1-c1ccc(CN2CCN(c3cc(O)c(C=O)c(F)c3)CC2)cc1. The third-order valence-electron chi connectivity index (χ3n) is 8.20. The molecule has 224 valence electrons. The molecule has 0 atom stereocenters. The molecule has 7 rings (SSSR count). The summed E-state index contributed by atoms with van der Waals surface area (Å²) in [7, 11) is 0. The molecule has 0 radical (unpaired) electrons. The minimum Gasteiger partial charge on any atom is -0.507 e. The summed E-state index contributed by atoms with van der Waals surface area (Å²) in [6.07, 6.45) is 2.00. The number of rotatable bonds is 7. The molecule has 1 aliphatic rings. The Morgan fingerprint density at radius 3 is 2.36 bits per heavy atom. The Hall–Kier alpha value is -5.61. The highest BCUT2D eigenvalue weighted by Gasteiger charge is 2.21. The number of nitrogens with two attached hydrogens (primary N) is 1. The summed E-state index contributed by atoms with van der Waals surface area (Å²) in [6.45, 7) is 3.62. The first kappa shape index (κ1) is 28.2. The highest BCUT2D eigenvalue weighted by atomic mass is 19.1. The van der Waals surface area contributed by atoms with E-state index in [2.05, 4.69) is 34.1 Å². The summed E-state index contributed by atoms with van der Waals surface area (Å²) < 4.78 is 16.3. The number of carbonyl (C=O) groups is 1. The molecule has 0 aliphatic carbocycles. The van der Waals surface area contributed by atoms with Crippen LogP contribution in [-0.2, 0) is 6.54 Å². The first-order chi connectivity index (χ1) is 22.0. The van der Waals surface area contributed by atoms with Crippen molar-refractivity contribution in [2.24, 2.45) is 0 Å². The van der Waals surface area contributed by atoms with Crippen LogP contribution in [0.1, 0.15) is 15.9 Å². The number of halogens is 1. The van der Waals surface area contributed by atoms with Crippen LogP contribution in [-0.4, -0.2) is 62.0 Å². The number of piperazine rings is 1. The topological polar surface area (TPSA) is 113 Å². The van der Waals surface area contributed by atoms with Crippen LogP contribution in [0.2, 0.25) is 0 Å². The molecule has 3 N–H and O–H groups in total. The number of phenols is 1. The molecule has 45 heavy (non-hydrogen) atoms. The molecule has 1 fully saturated rings. The highest BCUT2D eigenvalue weighted by molar-refractivity contribution is 5.84. The number of aromatic nitrogens is 4. The first-order valence-corrected chi connectivity index (χ1v) is 14.7. The maximum Gasteiger partial charge on any atom is 0.165 e. The number of aldehydes is 1. The fourth-order valence-corrected chi connectivity index (χ4v) is 5.82. The van der Waals surface area contributed by atoms with Crippen molar-refractivity contribution in [3.63, 3.8) is 0 Å². The minimum atomic E-state index is -0.714. The Morgan fingerprint density at radius 1 is 0.867 bits per heavy atom. The lowest BCUT2D eigenvalue weighted by Gasteiger charge is -2.36. The van der Waals surface area contributed by atoms with E-state index in [1.54, 1.807) is 6.20 Å². The highest BCUT2D eigenvalue weighted by Crippen LogP contribution is 2.32. The van der Waals surface area contributed by atoms with E-state index in [-0.39, 0.29) is 11.3 Å². The molecule has 0 amide bonds. The van der Waals surface area contributed by atoms with Gasteiger partial charge in [-0.2, -0.15) is 0 Å². The summed E-state index contributed by atoms with van der Waals surface area (Å²) in [5, 5.41) is 10.0. The Balaban J connectivity index is 1.15. The average Bonchev–Trinajstić information content (AvgIpc) is 3.44. The van der Waals surface area contributed by atoms with Crippen LogP contribution in [0.3, 0.4) is 0 Å². The monoisotopic (exact) mass is 599 g/mol. The molecule has 3 aromatic heterocycles. The van der Waals surface area contributed by atoms with E-state index in [9.17, 15) is 14.3 Å². The van der Waals surface area contributed by atoms with Crippen LogP contribution in [0.5, 0.6) is 5.75 Å². The van der Waals surface area contributed by atoms with Gasteiger partial charge in [0.1, 0.15) is 22.9 Å². The number of hydrogen-bond acceptors (Lipinski definition) is 8. The standard InChI is InChI=1S/C35H30FN7O2/c36-29-19-26(20-32(45)28(29)22-44)42-17-15-41(16-18-42)21-23-8-10-25(11-9-23)43-34(27-7-4-14-38-33(27)37)40-31-13-12-30(39-35(31)43)24-5-2-1-3-6-24/h1-14,19-20,22,45H,15-18,21H2,(H2,37,38). The molecule has 0 spiro atoms. The zero-order valence-corrected chi connectivity index (χ0v) is 24.3. The Labute approximate surface area is 259 Å². The Bertz CT molecular complexity index is 1980. The van der Waals surface area contributed by atoms with Gasteiger partial charge in [-0.1, -0.05) is 42.5 Å². The molecule has 0 unspecified atom stereocenters. The second-order valence-corrected chi connectivity index (χ2v) is 11.0. The van der Waals surface area contributed by atoms with Gasteiger partial charge in [-0.05, 0) is 48.0 Å². The van der Waals surface area contributed by atoms with Crippen LogP contribution in [0.4, 0.5) is 15.9 Å². The van der Waals surface area contributed by atoms with E-state index >= 15 is 0 Å². The zero-order valence-electron chi connectivity index (χ0n) is 24.3. The molecule has 1 saturated heterocycles. The maximum absolute atomic E-state index is 14.2. The van der Waals surface area contributed by atoms with E-state index in [4.69, 9.17) is 15.7 Å². The predicted molar refractivity (Wildman–Crippen MR) is 173 cm³/mol. The maximum atomic E-state index is 14.2. The molecular formula is C35H30FN7O2. The summed E-state index contributed by atoms with van der Waals surface area (Å²) in [4.78, 5) is 29.6. The molecule has 6 aromatic rings. The molecule has 0 bridgehead atoms.